The molecule has 23 heavy (non-hydrogen) atoms. The Balaban J connectivity index is 2.09. The van der Waals surface area contributed by atoms with Gasteiger partial charge in [0.05, 0.1) is 12.3 Å². The van der Waals surface area contributed by atoms with E-state index in [1.807, 2.05) is 55.5 Å². The zero-order chi connectivity index (χ0) is 16.7. The maximum atomic E-state index is 12.0. The zero-order valence-corrected chi connectivity index (χ0v) is 13.4. The molecular formula is C18H22N2O3. The standard InChI is InChI=1S/C18H22N2O3/c1-13-8-9-16(20-18(21)15(19)12-22-2)17(10-13)23-11-14-6-4-3-5-7-14/h3-10,15H,11-12,19H2,1-2H3,(H,20,21). The van der Waals surface area contributed by atoms with Crippen molar-refractivity contribution in [3.63, 3.8) is 0 Å². The van der Waals surface area contributed by atoms with E-state index in [1.54, 1.807) is 0 Å². The van der Waals surface area contributed by atoms with Crippen LogP contribution in [0.25, 0.3) is 0 Å². The lowest BCUT2D eigenvalue weighted by Gasteiger charge is -2.16. The molecule has 0 aromatic heterocycles. The van der Waals surface area contributed by atoms with Gasteiger partial charge in [-0.15, -0.1) is 0 Å². The molecule has 0 saturated carbocycles. The van der Waals surface area contributed by atoms with Gasteiger partial charge in [-0.3, -0.25) is 4.79 Å². The van der Waals surface area contributed by atoms with Gasteiger partial charge in [0.1, 0.15) is 18.4 Å². The van der Waals surface area contributed by atoms with Gasteiger partial charge in [-0.2, -0.15) is 0 Å². The third-order valence-corrected chi connectivity index (χ3v) is 3.32. The van der Waals surface area contributed by atoms with E-state index in [2.05, 4.69) is 5.32 Å². The summed E-state index contributed by atoms with van der Waals surface area (Å²) in [6.45, 7) is 2.56. The molecule has 2 aromatic rings. The number of benzene rings is 2. The first kappa shape index (κ1) is 17.0. The van der Waals surface area contributed by atoms with Crippen LogP contribution in [-0.2, 0) is 16.1 Å². The number of nitrogens with one attached hydrogen (secondary N) is 1. The Morgan fingerprint density at radius 1 is 1.22 bits per heavy atom. The highest BCUT2D eigenvalue weighted by Gasteiger charge is 2.15. The number of anilines is 1. The number of aryl methyl sites for hydroxylation is 1. The van der Waals surface area contributed by atoms with Crippen LogP contribution in [0.1, 0.15) is 11.1 Å². The van der Waals surface area contributed by atoms with Gasteiger partial charge in [0.25, 0.3) is 0 Å². The molecule has 0 aliphatic rings. The molecule has 0 aliphatic carbocycles. The molecule has 0 saturated heterocycles. The van der Waals surface area contributed by atoms with Crippen molar-refractivity contribution >= 4 is 11.6 Å². The smallest absolute Gasteiger partial charge is 0.243 e. The van der Waals surface area contributed by atoms with E-state index in [1.165, 1.54) is 7.11 Å². The molecule has 5 nitrogen and oxygen atoms in total. The van der Waals surface area contributed by atoms with Gasteiger partial charge in [0.15, 0.2) is 0 Å². The summed E-state index contributed by atoms with van der Waals surface area (Å²) in [5.41, 5.74) is 8.45. The fourth-order valence-electron chi connectivity index (χ4n) is 2.07. The maximum absolute atomic E-state index is 12.0. The largest absolute Gasteiger partial charge is 0.487 e. The Morgan fingerprint density at radius 3 is 2.65 bits per heavy atom. The van der Waals surface area contributed by atoms with Crippen LogP contribution in [0.5, 0.6) is 5.75 Å². The van der Waals surface area contributed by atoms with Crippen LogP contribution in [0, 0.1) is 6.92 Å². The Hall–Kier alpha value is -2.37. The fraction of sp³-hybridized carbons (Fsp3) is 0.278. The van der Waals surface area contributed by atoms with Crippen molar-refractivity contribution in [1.82, 2.24) is 0 Å². The van der Waals surface area contributed by atoms with Crippen molar-refractivity contribution in [2.75, 3.05) is 19.0 Å². The molecule has 0 bridgehead atoms. The molecule has 1 atom stereocenters. The molecule has 0 fully saturated rings. The lowest BCUT2D eigenvalue weighted by molar-refractivity contribution is -0.118. The number of rotatable bonds is 7. The SMILES string of the molecule is COCC(N)C(=O)Nc1ccc(C)cc1OCc1ccccc1. The number of carbonyl (C=O) groups excluding carboxylic acids is 1. The molecule has 0 heterocycles. The number of hydrogen-bond donors (Lipinski definition) is 2. The molecule has 3 N–H and O–H groups in total. The first-order chi connectivity index (χ1) is 11.1. The number of ether oxygens (including phenoxy) is 2. The van der Waals surface area contributed by atoms with E-state index in [0.29, 0.717) is 18.0 Å². The summed E-state index contributed by atoms with van der Waals surface area (Å²) in [6.07, 6.45) is 0. The lowest BCUT2D eigenvalue weighted by atomic mass is 10.2. The van der Waals surface area contributed by atoms with Crippen LogP contribution in [0.4, 0.5) is 5.69 Å². The first-order valence-electron chi connectivity index (χ1n) is 7.43. The van der Waals surface area contributed by atoms with Crippen LogP contribution in [0.2, 0.25) is 0 Å². The van der Waals surface area contributed by atoms with Crippen molar-refractivity contribution < 1.29 is 14.3 Å². The molecule has 0 aliphatic heterocycles. The van der Waals surface area contributed by atoms with Crippen molar-refractivity contribution in [2.24, 2.45) is 5.73 Å². The average Bonchev–Trinajstić information content (AvgIpc) is 2.56. The number of nitrogens with two attached hydrogens (primary N) is 1. The molecule has 0 spiro atoms. The second-order valence-corrected chi connectivity index (χ2v) is 5.32. The predicted octanol–water partition coefficient (Wildman–Crippen LogP) is 2.49. The third kappa shape index (κ3) is 5.09. The summed E-state index contributed by atoms with van der Waals surface area (Å²) in [5.74, 6) is 0.312. The van der Waals surface area contributed by atoms with Gasteiger partial charge in [0, 0.05) is 7.11 Å². The van der Waals surface area contributed by atoms with Gasteiger partial charge in [-0.1, -0.05) is 36.4 Å². The Kier molecular flexibility index (Phi) is 6.14. The number of hydrogen-bond acceptors (Lipinski definition) is 4. The molecule has 122 valence electrons. The second-order valence-electron chi connectivity index (χ2n) is 5.32. The van der Waals surface area contributed by atoms with Gasteiger partial charge >= 0.3 is 0 Å². The minimum Gasteiger partial charge on any atom is -0.487 e. The fourth-order valence-corrected chi connectivity index (χ4v) is 2.07. The molecule has 2 rings (SSSR count). The number of methoxy groups -OCH3 is 1. The minimum atomic E-state index is -0.719. The summed E-state index contributed by atoms with van der Waals surface area (Å²) >= 11 is 0. The Bertz CT molecular complexity index is 644. The molecule has 1 amide bonds. The lowest BCUT2D eigenvalue weighted by Crippen LogP contribution is -2.39. The van der Waals surface area contributed by atoms with Gasteiger partial charge in [0.2, 0.25) is 5.91 Å². The number of carbonyl (C=O) groups is 1. The van der Waals surface area contributed by atoms with Gasteiger partial charge in [-0.05, 0) is 30.2 Å². The molecular weight excluding hydrogens is 292 g/mol. The van der Waals surface area contributed by atoms with E-state index in [-0.39, 0.29) is 12.5 Å². The third-order valence-electron chi connectivity index (χ3n) is 3.32. The summed E-state index contributed by atoms with van der Waals surface area (Å²) in [7, 11) is 1.51. The summed E-state index contributed by atoms with van der Waals surface area (Å²) in [4.78, 5) is 12.0. The van der Waals surface area contributed by atoms with Crippen LogP contribution in [0.3, 0.4) is 0 Å². The quantitative estimate of drug-likeness (QED) is 0.823. The zero-order valence-electron chi connectivity index (χ0n) is 13.4. The second kappa shape index (κ2) is 8.31. The highest BCUT2D eigenvalue weighted by Crippen LogP contribution is 2.26. The maximum Gasteiger partial charge on any atom is 0.243 e. The summed E-state index contributed by atoms with van der Waals surface area (Å²) < 4.78 is 10.8. The van der Waals surface area contributed by atoms with Gasteiger partial charge < -0.3 is 20.5 Å². The van der Waals surface area contributed by atoms with Crippen molar-refractivity contribution in [2.45, 2.75) is 19.6 Å². The van der Waals surface area contributed by atoms with Crippen molar-refractivity contribution in [3.8, 4) is 5.75 Å². The molecule has 0 radical (unpaired) electrons. The van der Waals surface area contributed by atoms with Crippen LogP contribution >= 0.6 is 0 Å². The van der Waals surface area contributed by atoms with Crippen LogP contribution in [0.15, 0.2) is 48.5 Å². The predicted molar refractivity (Wildman–Crippen MR) is 90.4 cm³/mol. The van der Waals surface area contributed by atoms with Crippen LogP contribution < -0.4 is 15.8 Å². The normalized spacial score (nSPS) is 11.8. The average molecular weight is 314 g/mol. The summed E-state index contributed by atoms with van der Waals surface area (Å²) in [6, 6.07) is 14.7. The number of amides is 1. The highest BCUT2D eigenvalue weighted by molar-refractivity contribution is 5.96. The van der Waals surface area contributed by atoms with E-state index in [9.17, 15) is 4.79 Å². The molecule has 2 aromatic carbocycles. The van der Waals surface area contributed by atoms with E-state index < -0.39 is 6.04 Å². The first-order valence-corrected chi connectivity index (χ1v) is 7.43. The van der Waals surface area contributed by atoms with Crippen molar-refractivity contribution in [1.29, 1.82) is 0 Å². The van der Waals surface area contributed by atoms with Gasteiger partial charge in [-0.25, -0.2) is 0 Å². The topological polar surface area (TPSA) is 73.6 Å². The van der Waals surface area contributed by atoms with Crippen LogP contribution in [-0.4, -0.2) is 25.7 Å². The molecule has 5 heteroatoms. The Morgan fingerprint density at radius 2 is 1.96 bits per heavy atom. The minimum absolute atomic E-state index is 0.165. The van der Waals surface area contributed by atoms with Crippen molar-refractivity contribution in [3.05, 3.63) is 59.7 Å². The highest BCUT2D eigenvalue weighted by atomic mass is 16.5. The Labute approximate surface area is 136 Å². The van der Waals surface area contributed by atoms with E-state index >= 15 is 0 Å². The van der Waals surface area contributed by atoms with E-state index in [4.69, 9.17) is 15.2 Å². The summed E-state index contributed by atoms with van der Waals surface area (Å²) in [5, 5.41) is 2.79. The monoisotopic (exact) mass is 314 g/mol. The molecule has 1 unspecified atom stereocenters. The van der Waals surface area contributed by atoms with E-state index in [0.717, 1.165) is 11.1 Å².